The summed E-state index contributed by atoms with van der Waals surface area (Å²) in [5.41, 5.74) is 0.105. The van der Waals surface area contributed by atoms with E-state index in [2.05, 4.69) is 0 Å². The fraction of sp³-hybridized carbons (Fsp3) is 0.500. The molecule has 0 radical (unpaired) electrons. The van der Waals surface area contributed by atoms with Gasteiger partial charge in [0.1, 0.15) is 22.8 Å². The third kappa shape index (κ3) is 4.71. The molecule has 1 aromatic rings. The molecule has 0 amide bonds. The van der Waals surface area contributed by atoms with Gasteiger partial charge in [0.15, 0.2) is 19.4 Å². The van der Waals surface area contributed by atoms with Crippen molar-refractivity contribution >= 4 is 5.78 Å². The highest BCUT2D eigenvalue weighted by Crippen LogP contribution is 2.33. The zero-order valence-electron chi connectivity index (χ0n) is 12.0. The average molecular weight is 284 g/mol. The molecule has 0 atom stereocenters. The molecule has 0 spiro atoms. The lowest BCUT2D eigenvalue weighted by Gasteiger charge is -2.14. The summed E-state index contributed by atoms with van der Waals surface area (Å²) in [6.45, 7) is 6.08. The van der Waals surface area contributed by atoms with Crippen LogP contribution in [0.3, 0.4) is 0 Å². The van der Waals surface area contributed by atoms with E-state index >= 15 is 0 Å². The van der Waals surface area contributed by atoms with Gasteiger partial charge in [-0.05, 0) is 20.8 Å². The molecule has 0 saturated carbocycles. The Labute approximate surface area is 118 Å². The van der Waals surface area contributed by atoms with Crippen molar-refractivity contribution in [3.63, 3.8) is 0 Å². The van der Waals surface area contributed by atoms with Crippen LogP contribution < -0.4 is 9.47 Å². The van der Waals surface area contributed by atoms with Gasteiger partial charge in [-0.25, -0.2) is 0 Å². The molecular weight excluding hydrogens is 264 g/mol. The minimum atomic E-state index is -0.301. The summed E-state index contributed by atoms with van der Waals surface area (Å²) in [5, 5.41) is 9.89. The third-order valence-corrected chi connectivity index (χ3v) is 2.42. The molecule has 6 heteroatoms. The summed E-state index contributed by atoms with van der Waals surface area (Å²) in [6, 6.07) is 2.87. The third-order valence-electron chi connectivity index (χ3n) is 2.42. The Bertz CT molecular complexity index is 444. The van der Waals surface area contributed by atoms with Crippen molar-refractivity contribution in [1.82, 2.24) is 0 Å². The number of benzene rings is 1. The molecule has 0 aliphatic carbocycles. The normalized spacial score (nSPS) is 10.3. The lowest BCUT2D eigenvalue weighted by atomic mass is 10.1. The SMILES string of the molecule is CCOCOc1cc(O)c(C(C)=O)c(OCOCC)c1. The zero-order chi connectivity index (χ0) is 15.0. The van der Waals surface area contributed by atoms with Gasteiger partial charge in [0.2, 0.25) is 0 Å². The number of ether oxygens (including phenoxy) is 4. The Balaban J connectivity index is 2.92. The minimum Gasteiger partial charge on any atom is -0.507 e. The van der Waals surface area contributed by atoms with Crippen LogP contribution >= 0.6 is 0 Å². The van der Waals surface area contributed by atoms with Crippen LogP contribution in [-0.2, 0) is 9.47 Å². The second-order valence-corrected chi connectivity index (χ2v) is 3.88. The molecule has 1 rings (SSSR count). The molecule has 6 nitrogen and oxygen atoms in total. The van der Waals surface area contributed by atoms with Crippen molar-refractivity contribution in [1.29, 1.82) is 0 Å². The first-order valence-corrected chi connectivity index (χ1v) is 6.39. The van der Waals surface area contributed by atoms with E-state index in [1.54, 1.807) is 0 Å². The molecule has 0 unspecified atom stereocenters. The van der Waals surface area contributed by atoms with Crippen molar-refractivity contribution in [2.24, 2.45) is 0 Å². The van der Waals surface area contributed by atoms with Crippen molar-refractivity contribution in [2.45, 2.75) is 20.8 Å². The van der Waals surface area contributed by atoms with Crippen LogP contribution in [0.5, 0.6) is 17.2 Å². The first-order chi connectivity index (χ1) is 9.60. The average Bonchev–Trinajstić information content (AvgIpc) is 2.38. The van der Waals surface area contributed by atoms with Gasteiger partial charge in [-0.2, -0.15) is 0 Å². The fourth-order valence-corrected chi connectivity index (χ4v) is 1.51. The maximum atomic E-state index is 11.5. The minimum absolute atomic E-state index is 0.00880. The van der Waals surface area contributed by atoms with Gasteiger partial charge in [0.05, 0.1) is 0 Å². The molecule has 0 fully saturated rings. The molecule has 0 aromatic heterocycles. The van der Waals surface area contributed by atoms with Gasteiger partial charge in [-0.1, -0.05) is 0 Å². The van der Waals surface area contributed by atoms with Crippen LogP contribution in [0, 0.1) is 0 Å². The van der Waals surface area contributed by atoms with Crippen molar-refractivity contribution in [3.8, 4) is 17.2 Å². The number of hydrogen-bond donors (Lipinski definition) is 1. The van der Waals surface area contributed by atoms with Crippen molar-refractivity contribution in [2.75, 3.05) is 26.8 Å². The number of rotatable bonds is 9. The molecule has 0 aliphatic heterocycles. The summed E-state index contributed by atoms with van der Waals surface area (Å²) < 4.78 is 20.8. The number of Topliss-reactive ketones (excluding diaryl/α,β-unsaturated/α-hetero) is 1. The van der Waals surface area contributed by atoms with Gasteiger partial charge in [-0.3, -0.25) is 4.79 Å². The van der Waals surface area contributed by atoms with Gasteiger partial charge in [0.25, 0.3) is 0 Å². The number of phenolic OH excluding ortho intramolecular Hbond substituents is 1. The van der Waals surface area contributed by atoms with Gasteiger partial charge in [0, 0.05) is 25.3 Å². The Kier molecular flexibility index (Phi) is 6.83. The van der Waals surface area contributed by atoms with Crippen LogP contribution in [0.2, 0.25) is 0 Å². The van der Waals surface area contributed by atoms with Crippen LogP contribution in [0.15, 0.2) is 12.1 Å². The second kappa shape index (κ2) is 8.39. The van der Waals surface area contributed by atoms with Crippen LogP contribution in [0.1, 0.15) is 31.1 Å². The van der Waals surface area contributed by atoms with Gasteiger partial charge < -0.3 is 24.1 Å². The summed E-state index contributed by atoms with van der Waals surface area (Å²) in [7, 11) is 0. The van der Waals surface area contributed by atoms with Crippen molar-refractivity contribution in [3.05, 3.63) is 17.7 Å². The predicted octanol–water partition coefficient (Wildman–Crippen LogP) is 2.34. The maximum absolute atomic E-state index is 11.5. The van der Waals surface area contributed by atoms with E-state index in [4.69, 9.17) is 18.9 Å². The van der Waals surface area contributed by atoms with E-state index in [9.17, 15) is 9.90 Å². The number of aromatic hydroxyl groups is 1. The second-order valence-electron chi connectivity index (χ2n) is 3.88. The number of ketones is 1. The van der Waals surface area contributed by atoms with E-state index < -0.39 is 0 Å². The monoisotopic (exact) mass is 284 g/mol. The number of phenols is 1. The Morgan fingerprint density at radius 3 is 2.25 bits per heavy atom. The van der Waals surface area contributed by atoms with Gasteiger partial charge in [-0.15, -0.1) is 0 Å². The number of carbonyl (C=O) groups is 1. The van der Waals surface area contributed by atoms with E-state index in [1.807, 2.05) is 13.8 Å². The topological polar surface area (TPSA) is 74.2 Å². The van der Waals surface area contributed by atoms with Crippen molar-refractivity contribution < 1.29 is 28.8 Å². The largest absolute Gasteiger partial charge is 0.507 e. The predicted molar refractivity (Wildman–Crippen MR) is 72.4 cm³/mol. The standard InChI is InChI=1S/C14H20O6/c1-4-17-8-19-11-6-12(16)14(10(3)15)13(7-11)20-9-18-5-2/h6-7,16H,4-5,8-9H2,1-3H3. The Morgan fingerprint density at radius 1 is 1.10 bits per heavy atom. The summed E-state index contributed by atoms with van der Waals surface area (Å²) in [6.07, 6.45) is 0. The molecule has 0 bridgehead atoms. The first-order valence-electron chi connectivity index (χ1n) is 6.39. The van der Waals surface area contributed by atoms with E-state index in [1.165, 1.54) is 19.1 Å². The smallest absolute Gasteiger partial charge is 0.189 e. The highest BCUT2D eigenvalue weighted by atomic mass is 16.7. The first kappa shape index (κ1) is 16.3. The molecule has 20 heavy (non-hydrogen) atoms. The molecule has 0 saturated heterocycles. The molecule has 1 aromatic carbocycles. The van der Waals surface area contributed by atoms with Crippen LogP contribution in [0.4, 0.5) is 0 Å². The van der Waals surface area contributed by atoms with Crippen LogP contribution in [-0.4, -0.2) is 37.7 Å². The van der Waals surface area contributed by atoms with Crippen LogP contribution in [0.25, 0.3) is 0 Å². The van der Waals surface area contributed by atoms with Gasteiger partial charge >= 0.3 is 0 Å². The summed E-state index contributed by atoms with van der Waals surface area (Å²) >= 11 is 0. The molecular formula is C14H20O6. The maximum Gasteiger partial charge on any atom is 0.189 e. The van der Waals surface area contributed by atoms with E-state index in [0.717, 1.165) is 0 Å². The molecule has 0 aliphatic rings. The Morgan fingerprint density at radius 2 is 1.70 bits per heavy atom. The summed E-state index contributed by atoms with van der Waals surface area (Å²) in [4.78, 5) is 11.5. The summed E-state index contributed by atoms with van der Waals surface area (Å²) in [5.74, 6) is 0.0771. The Hall–Kier alpha value is -1.79. The lowest BCUT2D eigenvalue weighted by Crippen LogP contribution is -2.07. The van der Waals surface area contributed by atoms with E-state index in [-0.39, 0.29) is 36.4 Å². The fourth-order valence-electron chi connectivity index (χ4n) is 1.51. The highest BCUT2D eigenvalue weighted by molar-refractivity contribution is 5.99. The zero-order valence-corrected chi connectivity index (χ0v) is 12.0. The highest BCUT2D eigenvalue weighted by Gasteiger charge is 2.16. The molecule has 0 heterocycles. The molecule has 1 N–H and O–H groups in total. The number of carbonyl (C=O) groups excluding carboxylic acids is 1. The lowest BCUT2D eigenvalue weighted by molar-refractivity contribution is 0.0177. The van der Waals surface area contributed by atoms with E-state index in [0.29, 0.717) is 19.0 Å². The number of hydrogen-bond acceptors (Lipinski definition) is 6. The quantitative estimate of drug-likeness (QED) is 0.426. The molecule has 112 valence electrons.